The smallest absolute Gasteiger partial charge is 0.119 e. The van der Waals surface area contributed by atoms with Crippen molar-refractivity contribution < 1.29 is 4.74 Å². The lowest BCUT2D eigenvalue weighted by Gasteiger charge is -2.19. The van der Waals surface area contributed by atoms with Crippen LogP contribution in [0.25, 0.3) is 0 Å². The normalized spacial score (nSPS) is 10.5. The highest BCUT2D eigenvalue weighted by Crippen LogP contribution is 2.17. The van der Waals surface area contributed by atoms with E-state index < -0.39 is 0 Å². The Bertz CT molecular complexity index is 482. The van der Waals surface area contributed by atoms with E-state index in [-0.39, 0.29) is 0 Å². The summed E-state index contributed by atoms with van der Waals surface area (Å²) in [6, 6.07) is 12.5. The summed E-state index contributed by atoms with van der Waals surface area (Å²) in [4.78, 5) is 3.69. The minimum atomic E-state index is 0.899. The zero-order valence-corrected chi connectivity index (χ0v) is 13.0. The molecule has 108 valence electrons. The molecule has 0 amide bonds. The van der Waals surface area contributed by atoms with Gasteiger partial charge in [0.2, 0.25) is 0 Å². The van der Waals surface area contributed by atoms with E-state index in [0.29, 0.717) is 0 Å². The molecule has 3 nitrogen and oxygen atoms in total. The Kier molecular flexibility index (Phi) is 5.89. The second kappa shape index (κ2) is 7.92. The predicted molar refractivity (Wildman–Crippen MR) is 87.2 cm³/mol. The van der Waals surface area contributed by atoms with Crippen LogP contribution in [0.15, 0.2) is 41.8 Å². The molecule has 1 heterocycles. The molecule has 0 saturated carbocycles. The van der Waals surface area contributed by atoms with Gasteiger partial charge in [-0.05, 0) is 42.1 Å². The number of hydrogen-bond acceptors (Lipinski definition) is 4. The molecule has 1 aromatic heterocycles. The van der Waals surface area contributed by atoms with Crippen molar-refractivity contribution in [1.82, 2.24) is 5.32 Å². The first-order chi connectivity index (χ1) is 9.79. The standard InChI is InChI=1S/C16H22N2OS/c1-18(14-5-7-15(19-2)8-6-14)12-11-17-10-9-16-4-3-13-20-16/h3-8,13,17H,9-12H2,1-2H3. The summed E-state index contributed by atoms with van der Waals surface area (Å²) in [5, 5.41) is 5.62. The first kappa shape index (κ1) is 14.9. The molecule has 2 aromatic rings. The summed E-state index contributed by atoms with van der Waals surface area (Å²) in [5.74, 6) is 0.899. The van der Waals surface area contributed by atoms with E-state index in [2.05, 4.69) is 46.9 Å². The van der Waals surface area contributed by atoms with Crippen molar-refractivity contribution in [3.8, 4) is 5.75 Å². The number of thiophene rings is 1. The number of nitrogens with zero attached hydrogens (tertiary/aromatic N) is 1. The van der Waals surface area contributed by atoms with Crippen molar-refractivity contribution in [2.24, 2.45) is 0 Å². The summed E-state index contributed by atoms with van der Waals surface area (Å²) in [6.07, 6.45) is 1.11. The minimum Gasteiger partial charge on any atom is -0.497 e. The molecule has 2 rings (SSSR count). The maximum absolute atomic E-state index is 5.17. The maximum atomic E-state index is 5.17. The molecule has 0 aliphatic heterocycles. The van der Waals surface area contributed by atoms with Gasteiger partial charge in [-0.3, -0.25) is 0 Å². The molecular weight excluding hydrogens is 268 g/mol. The van der Waals surface area contributed by atoms with E-state index in [0.717, 1.165) is 31.8 Å². The number of ether oxygens (including phenoxy) is 1. The summed E-state index contributed by atoms with van der Waals surface area (Å²) in [7, 11) is 3.80. The van der Waals surface area contributed by atoms with Crippen molar-refractivity contribution in [1.29, 1.82) is 0 Å². The number of methoxy groups -OCH3 is 1. The van der Waals surface area contributed by atoms with Gasteiger partial charge in [-0.15, -0.1) is 11.3 Å². The highest BCUT2D eigenvalue weighted by molar-refractivity contribution is 7.09. The van der Waals surface area contributed by atoms with Crippen LogP contribution in [0.5, 0.6) is 5.75 Å². The highest BCUT2D eigenvalue weighted by atomic mass is 32.1. The van der Waals surface area contributed by atoms with Crippen molar-refractivity contribution >= 4 is 17.0 Å². The second-order valence-electron chi connectivity index (χ2n) is 4.70. The lowest BCUT2D eigenvalue weighted by molar-refractivity contribution is 0.415. The molecule has 4 heteroatoms. The quantitative estimate of drug-likeness (QED) is 0.756. The van der Waals surface area contributed by atoms with Gasteiger partial charge in [-0.25, -0.2) is 0 Å². The van der Waals surface area contributed by atoms with Crippen molar-refractivity contribution in [3.63, 3.8) is 0 Å². The Labute approximate surface area is 125 Å². The molecule has 0 atom stereocenters. The molecule has 0 aliphatic carbocycles. The molecule has 0 spiro atoms. The van der Waals surface area contributed by atoms with Crippen LogP contribution in [-0.2, 0) is 6.42 Å². The van der Waals surface area contributed by atoms with E-state index in [4.69, 9.17) is 4.74 Å². The third-order valence-electron chi connectivity index (χ3n) is 3.27. The molecule has 0 aliphatic rings. The monoisotopic (exact) mass is 290 g/mol. The lowest BCUT2D eigenvalue weighted by atomic mass is 10.3. The van der Waals surface area contributed by atoms with E-state index in [1.54, 1.807) is 7.11 Å². The minimum absolute atomic E-state index is 0.899. The molecule has 0 fully saturated rings. The number of nitrogens with one attached hydrogen (secondary N) is 1. The zero-order chi connectivity index (χ0) is 14.2. The SMILES string of the molecule is COc1ccc(N(C)CCNCCc2cccs2)cc1. The Morgan fingerprint density at radius 2 is 1.95 bits per heavy atom. The number of likely N-dealkylation sites (N-methyl/N-ethyl adjacent to an activating group) is 1. The Hall–Kier alpha value is -1.52. The van der Waals surface area contributed by atoms with Crippen LogP contribution in [0.1, 0.15) is 4.88 Å². The van der Waals surface area contributed by atoms with E-state index >= 15 is 0 Å². The lowest BCUT2D eigenvalue weighted by Crippen LogP contribution is -2.30. The van der Waals surface area contributed by atoms with Gasteiger partial charge < -0.3 is 15.0 Å². The van der Waals surface area contributed by atoms with Crippen molar-refractivity contribution in [2.45, 2.75) is 6.42 Å². The van der Waals surface area contributed by atoms with Gasteiger partial charge in [0.15, 0.2) is 0 Å². The summed E-state index contributed by atoms with van der Waals surface area (Å²) >= 11 is 1.83. The number of hydrogen-bond donors (Lipinski definition) is 1. The van der Waals surface area contributed by atoms with Crippen LogP contribution in [-0.4, -0.2) is 33.8 Å². The number of anilines is 1. The zero-order valence-electron chi connectivity index (χ0n) is 12.1. The average molecular weight is 290 g/mol. The fourth-order valence-electron chi connectivity index (χ4n) is 2.00. The number of benzene rings is 1. The fourth-order valence-corrected chi connectivity index (χ4v) is 2.71. The molecule has 0 unspecified atom stereocenters. The molecular formula is C16H22N2OS. The summed E-state index contributed by atoms with van der Waals surface area (Å²) in [6.45, 7) is 3.03. The number of rotatable bonds is 8. The van der Waals surface area contributed by atoms with Crippen LogP contribution < -0.4 is 15.0 Å². The third kappa shape index (κ3) is 4.54. The molecule has 0 bridgehead atoms. The largest absolute Gasteiger partial charge is 0.497 e. The van der Waals surface area contributed by atoms with Crippen molar-refractivity contribution in [3.05, 3.63) is 46.7 Å². The van der Waals surface area contributed by atoms with Crippen LogP contribution in [0.4, 0.5) is 5.69 Å². The Balaban J connectivity index is 1.65. The van der Waals surface area contributed by atoms with Gasteiger partial charge in [-0.1, -0.05) is 6.07 Å². The first-order valence-electron chi connectivity index (χ1n) is 6.88. The average Bonchev–Trinajstić information content (AvgIpc) is 3.00. The Morgan fingerprint density at radius 3 is 2.60 bits per heavy atom. The predicted octanol–water partition coefficient (Wildman–Crippen LogP) is 3.03. The topological polar surface area (TPSA) is 24.5 Å². The van der Waals surface area contributed by atoms with Crippen LogP contribution in [0, 0.1) is 0 Å². The van der Waals surface area contributed by atoms with Gasteiger partial charge in [0, 0.05) is 37.2 Å². The van der Waals surface area contributed by atoms with E-state index in [1.807, 2.05) is 23.5 Å². The fraction of sp³-hybridized carbons (Fsp3) is 0.375. The van der Waals surface area contributed by atoms with Gasteiger partial charge in [0.05, 0.1) is 7.11 Å². The van der Waals surface area contributed by atoms with Gasteiger partial charge in [-0.2, -0.15) is 0 Å². The van der Waals surface area contributed by atoms with Gasteiger partial charge in [0.25, 0.3) is 0 Å². The molecule has 20 heavy (non-hydrogen) atoms. The molecule has 1 N–H and O–H groups in total. The highest BCUT2D eigenvalue weighted by Gasteiger charge is 2.01. The van der Waals surface area contributed by atoms with E-state index in [1.165, 1.54) is 10.6 Å². The first-order valence-corrected chi connectivity index (χ1v) is 7.76. The molecule has 0 radical (unpaired) electrons. The second-order valence-corrected chi connectivity index (χ2v) is 5.73. The van der Waals surface area contributed by atoms with Gasteiger partial charge in [0.1, 0.15) is 5.75 Å². The van der Waals surface area contributed by atoms with Crippen LogP contribution in [0.2, 0.25) is 0 Å². The maximum Gasteiger partial charge on any atom is 0.119 e. The van der Waals surface area contributed by atoms with E-state index in [9.17, 15) is 0 Å². The van der Waals surface area contributed by atoms with Crippen LogP contribution in [0.3, 0.4) is 0 Å². The van der Waals surface area contributed by atoms with Crippen molar-refractivity contribution in [2.75, 3.05) is 38.7 Å². The molecule has 0 saturated heterocycles. The van der Waals surface area contributed by atoms with Crippen LogP contribution >= 0.6 is 11.3 Å². The molecule has 1 aromatic carbocycles. The Morgan fingerprint density at radius 1 is 1.15 bits per heavy atom. The summed E-state index contributed by atoms with van der Waals surface area (Å²) < 4.78 is 5.17. The van der Waals surface area contributed by atoms with Gasteiger partial charge >= 0.3 is 0 Å². The summed E-state index contributed by atoms with van der Waals surface area (Å²) in [5.41, 5.74) is 1.21. The third-order valence-corrected chi connectivity index (χ3v) is 4.20.